The summed E-state index contributed by atoms with van der Waals surface area (Å²) in [7, 11) is 0. The molecule has 0 amide bonds. The Balaban J connectivity index is 2.46. The molecule has 0 radical (unpaired) electrons. The topological polar surface area (TPSA) is 46.5 Å². The molecule has 15 heavy (non-hydrogen) atoms. The average molecular weight is 212 g/mol. The summed E-state index contributed by atoms with van der Waals surface area (Å²) in [5.74, 6) is 0.240. The van der Waals surface area contributed by atoms with E-state index in [2.05, 4.69) is 6.58 Å². The maximum absolute atomic E-state index is 11.7. The summed E-state index contributed by atoms with van der Waals surface area (Å²) in [4.78, 5) is 11.7. The first-order valence-electron chi connectivity index (χ1n) is 5.51. The van der Waals surface area contributed by atoms with Crippen LogP contribution in [-0.4, -0.2) is 24.3 Å². The minimum absolute atomic E-state index is 0.126. The van der Waals surface area contributed by atoms with Crippen molar-refractivity contribution in [3.8, 4) is 0 Å². The standard InChI is InChI=1S/C12H20O3/c1-3-8-15-11(14)12(2)6-4-10(9-13)5-7-12/h3,10,13H,1,4-9H2,2H3. The zero-order valence-electron chi connectivity index (χ0n) is 9.37. The van der Waals surface area contributed by atoms with E-state index in [4.69, 9.17) is 9.84 Å². The van der Waals surface area contributed by atoms with Gasteiger partial charge in [-0.15, -0.1) is 0 Å². The lowest BCUT2D eigenvalue weighted by molar-refractivity contribution is -0.156. The zero-order valence-corrected chi connectivity index (χ0v) is 9.37. The molecule has 0 aliphatic heterocycles. The van der Waals surface area contributed by atoms with Gasteiger partial charge in [0.05, 0.1) is 5.41 Å². The molecule has 1 aliphatic rings. The molecule has 1 saturated carbocycles. The number of esters is 1. The molecular formula is C12H20O3. The molecule has 0 unspecified atom stereocenters. The smallest absolute Gasteiger partial charge is 0.312 e. The van der Waals surface area contributed by atoms with Crippen LogP contribution in [0.1, 0.15) is 32.6 Å². The van der Waals surface area contributed by atoms with Gasteiger partial charge in [-0.1, -0.05) is 12.7 Å². The lowest BCUT2D eigenvalue weighted by Crippen LogP contribution is -2.35. The molecule has 1 rings (SSSR count). The Hall–Kier alpha value is -0.830. The predicted octanol–water partition coefficient (Wildman–Crippen LogP) is 1.90. The number of rotatable bonds is 4. The molecule has 86 valence electrons. The SMILES string of the molecule is C=CCOC(=O)C1(C)CCC(CO)CC1. The first-order chi connectivity index (χ1) is 7.12. The van der Waals surface area contributed by atoms with Gasteiger partial charge in [0.15, 0.2) is 0 Å². The molecule has 0 bridgehead atoms. The van der Waals surface area contributed by atoms with Crippen LogP contribution in [0.4, 0.5) is 0 Å². The van der Waals surface area contributed by atoms with Gasteiger partial charge in [-0.3, -0.25) is 4.79 Å². The van der Waals surface area contributed by atoms with E-state index in [1.54, 1.807) is 6.08 Å². The summed E-state index contributed by atoms with van der Waals surface area (Å²) in [6.07, 6.45) is 5.04. The van der Waals surface area contributed by atoms with E-state index in [0.29, 0.717) is 5.92 Å². The van der Waals surface area contributed by atoms with Crippen molar-refractivity contribution in [2.24, 2.45) is 11.3 Å². The van der Waals surface area contributed by atoms with Crippen LogP contribution in [0, 0.1) is 11.3 Å². The summed E-state index contributed by atoms with van der Waals surface area (Å²) >= 11 is 0. The first kappa shape index (κ1) is 12.2. The molecule has 3 nitrogen and oxygen atoms in total. The van der Waals surface area contributed by atoms with Crippen LogP contribution in [0.5, 0.6) is 0 Å². The van der Waals surface area contributed by atoms with Gasteiger partial charge < -0.3 is 9.84 Å². The zero-order chi connectivity index (χ0) is 11.3. The van der Waals surface area contributed by atoms with E-state index in [9.17, 15) is 4.79 Å². The van der Waals surface area contributed by atoms with E-state index in [1.165, 1.54) is 0 Å². The maximum atomic E-state index is 11.7. The summed E-state index contributed by atoms with van der Waals surface area (Å²) in [5.41, 5.74) is -0.352. The Labute approximate surface area is 91.1 Å². The van der Waals surface area contributed by atoms with Crippen molar-refractivity contribution >= 4 is 5.97 Å². The van der Waals surface area contributed by atoms with Crippen molar-refractivity contribution in [3.05, 3.63) is 12.7 Å². The first-order valence-corrected chi connectivity index (χ1v) is 5.51. The number of carbonyl (C=O) groups excluding carboxylic acids is 1. The highest BCUT2D eigenvalue weighted by atomic mass is 16.5. The van der Waals surface area contributed by atoms with Crippen molar-refractivity contribution in [1.82, 2.24) is 0 Å². The van der Waals surface area contributed by atoms with Crippen molar-refractivity contribution in [3.63, 3.8) is 0 Å². The summed E-state index contributed by atoms with van der Waals surface area (Å²) in [5, 5.41) is 9.01. The quantitative estimate of drug-likeness (QED) is 0.572. The highest BCUT2D eigenvalue weighted by molar-refractivity contribution is 5.76. The Morgan fingerprint density at radius 3 is 2.67 bits per heavy atom. The lowest BCUT2D eigenvalue weighted by Gasteiger charge is -2.34. The largest absolute Gasteiger partial charge is 0.461 e. The third-order valence-corrected chi connectivity index (χ3v) is 3.29. The van der Waals surface area contributed by atoms with Crippen molar-refractivity contribution < 1.29 is 14.6 Å². The molecule has 0 aromatic rings. The van der Waals surface area contributed by atoms with E-state index < -0.39 is 0 Å². The fourth-order valence-electron chi connectivity index (χ4n) is 2.01. The van der Waals surface area contributed by atoms with Crippen LogP contribution in [0.3, 0.4) is 0 Å². The van der Waals surface area contributed by atoms with E-state index >= 15 is 0 Å². The number of aliphatic hydroxyl groups excluding tert-OH is 1. The second-order valence-corrected chi connectivity index (χ2v) is 4.57. The molecule has 0 aromatic heterocycles. The summed E-state index contributed by atoms with van der Waals surface area (Å²) in [6.45, 7) is 5.99. The fraction of sp³-hybridized carbons (Fsp3) is 0.750. The van der Waals surface area contributed by atoms with Gasteiger partial charge >= 0.3 is 5.97 Å². The third-order valence-electron chi connectivity index (χ3n) is 3.29. The number of hydrogen-bond donors (Lipinski definition) is 1. The minimum Gasteiger partial charge on any atom is -0.461 e. The van der Waals surface area contributed by atoms with Crippen LogP contribution in [-0.2, 0) is 9.53 Å². The lowest BCUT2D eigenvalue weighted by atomic mass is 9.72. The Morgan fingerprint density at radius 2 is 2.20 bits per heavy atom. The van der Waals surface area contributed by atoms with Crippen LogP contribution < -0.4 is 0 Å². The second kappa shape index (κ2) is 5.31. The van der Waals surface area contributed by atoms with E-state index in [-0.39, 0.29) is 24.6 Å². The minimum atomic E-state index is -0.352. The number of aliphatic hydroxyl groups is 1. The third kappa shape index (κ3) is 3.06. The van der Waals surface area contributed by atoms with Crippen molar-refractivity contribution in [1.29, 1.82) is 0 Å². The number of ether oxygens (including phenoxy) is 1. The molecule has 0 saturated heterocycles. The van der Waals surface area contributed by atoms with Gasteiger partial charge in [0.1, 0.15) is 6.61 Å². The van der Waals surface area contributed by atoms with Gasteiger partial charge in [-0.25, -0.2) is 0 Å². The average Bonchev–Trinajstić information content (AvgIpc) is 2.27. The molecule has 1 N–H and O–H groups in total. The molecule has 3 heteroatoms. The highest BCUT2D eigenvalue weighted by Gasteiger charge is 2.38. The Kier molecular flexibility index (Phi) is 4.33. The number of hydrogen-bond acceptors (Lipinski definition) is 3. The van der Waals surface area contributed by atoms with Gasteiger partial charge in [0, 0.05) is 6.61 Å². The van der Waals surface area contributed by atoms with E-state index in [0.717, 1.165) is 25.7 Å². The molecule has 0 atom stereocenters. The second-order valence-electron chi connectivity index (χ2n) is 4.57. The Morgan fingerprint density at radius 1 is 1.60 bits per heavy atom. The van der Waals surface area contributed by atoms with Gasteiger partial charge in [-0.05, 0) is 38.5 Å². The Bertz CT molecular complexity index is 227. The normalized spacial score (nSPS) is 30.9. The van der Waals surface area contributed by atoms with Crippen molar-refractivity contribution in [2.75, 3.05) is 13.2 Å². The molecule has 0 heterocycles. The number of carbonyl (C=O) groups is 1. The summed E-state index contributed by atoms with van der Waals surface area (Å²) in [6, 6.07) is 0. The van der Waals surface area contributed by atoms with Crippen LogP contribution >= 0.6 is 0 Å². The maximum Gasteiger partial charge on any atom is 0.312 e. The van der Waals surface area contributed by atoms with Gasteiger partial charge in [-0.2, -0.15) is 0 Å². The molecule has 1 aliphatic carbocycles. The van der Waals surface area contributed by atoms with Gasteiger partial charge in [0.25, 0.3) is 0 Å². The molecular weight excluding hydrogens is 192 g/mol. The fourth-order valence-corrected chi connectivity index (χ4v) is 2.01. The van der Waals surface area contributed by atoms with Crippen LogP contribution in [0.2, 0.25) is 0 Å². The van der Waals surface area contributed by atoms with Crippen LogP contribution in [0.15, 0.2) is 12.7 Å². The van der Waals surface area contributed by atoms with Gasteiger partial charge in [0.2, 0.25) is 0 Å². The van der Waals surface area contributed by atoms with Crippen LogP contribution in [0.25, 0.3) is 0 Å². The van der Waals surface area contributed by atoms with E-state index in [1.807, 2.05) is 6.92 Å². The predicted molar refractivity (Wildman–Crippen MR) is 58.3 cm³/mol. The molecule has 0 spiro atoms. The highest BCUT2D eigenvalue weighted by Crippen LogP contribution is 2.39. The molecule has 1 fully saturated rings. The van der Waals surface area contributed by atoms with Crippen molar-refractivity contribution in [2.45, 2.75) is 32.6 Å². The monoisotopic (exact) mass is 212 g/mol. The summed E-state index contributed by atoms with van der Waals surface area (Å²) < 4.78 is 5.08. The molecule has 0 aromatic carbocycles.